The molecule has 0 spiro atoms. The van der Waals surface area contributed by atoms with Crippen LogP contribution < -0.4 is 0 Å². The largest absolute Gasteiger partial charge is 0.481 e. The Balaban J connectivity index is 0.000000165. The smallest absolute Gasteiger partial charge is 0.306 e. The molecular weight excluding hydrogens is 212 g/mol. The van der Waals surface area contributed by atoms with E-state index in [4.69, 9.17) is 10.2 Å². The van der Waals surface area contributed by atoms with Gasteiger partial charge in [0.2, 0.25) is 0 Å². The van der Waals surface area contributed by atoms with Gasteiger partial charge in [0.1, 0.15) is 0 Å². The number of carboxylic acids is 2. The molecule has 90 valence electrons. The van der Waals surface area contributed by atoms with Crippen molar-refractivity contribution >= 4 is 11.9 Å². The molecular formula is C11H16O5. The molecule has 5 heteroatoms. The van der Waals surface area contributed by atoms with Crippen molar-refractivity contribution in [3.8, 4) is 0 Å². The lowest BCUT2D eigenvalue weighted by Gasteiger charge is -2.11. The zero-order valence-corrected chi connectivity index (χ0v) is 8.96. The van der Waals surface area contributed by atoms with E-state index in [2.05, 4.69) is 4.74 Å². The highest BCUT2D eigenvalue weighted by molar-refractivity contribution is 5.70. The number of rotatable bonds is 3. The van der Waals surface area contributed by atoms with E-state index in [0.29, 0.717) is 6.61 Å². The summed E-state index contributed by atoms with van der Waals surface area (Å²) in [5.41, 5.74) is 0. The molecule has 2 atom stereocenters. The molecule has 16 heavy (non-hydrogen) atoms. The van der Waals surface area contributed by atoms with E-state index in [9.17, 15) is 9.59 Å². The van der Waals surface area contributed by atoms with Crippen LogP contribution in [-0.4, -0.2) is 34.9 Å². The Labute approximate surface area is 93.7 Å². The summed E-state index contributed by atoms with van der Waals surface area (Å²) < 4.78 is 4.64. The second kappa shape index (κ2) is 6.27. The molecule has 2 N–H and O–H groups in total. The van der Waals surface area contributed by atoms with Gasteiger partial charge in [-0.25, -0.2) is 0 Å². The quantitative estimate of drug-likeness (QED) is 0.561. The number of hydrogen-bond donors (Lipinski definition) is 2. The Kier molecular flexibility index (Phi) is 4.98. The number of aliphatic carboxylic acids is 2. The van der Waals surface area contributed by atoms with Gasteiger partial charge in [0.25, 0.3) is 0 Å². The summed E-state index contributed by atoms with van der Waals surface area (Å²) in [5, 5.41) is 16.5. The van der Waals surface area contributed by atoms with E-state index in [1.807, 2.05) is 12.2 Å². The average molecular weight is 228 g/mol. The third-order valence-corrected chi connectivity index (χ3v) is 2.42. The van der Waals surface area contributed by atoms with Crippen molar-refractivity contribution in [2.24, 2.45) is 5.92 Å². The maximum Gasteiger partial charge on any atom is 0.306 e. The van der Waals surface area contributed by atoms with Crippen molar-refractivity contribution < 1.29 is 24.5 Å². The second-order valence-corrected chi connectivity index (χ2v) is 3.87. The third-order valence-electron chi connectivity index (χ3n) is 2.42. The number of hydrogen-bond acceptors (Lipinski definition) is 3. The van der Waals surface area contributed by atoms with Gasteiger partial charge in [0.05, 0.1) is 25.0 Å². The fourth-order valence-electron chi connectivity index (χ4n) is 1.40. The Morgan fingerprint density at radius 3 is 2.25 bits per heavy atom. The zero-order chi connectivity index (χ0) is 12.0. The van der Waals surface area contributed by atoms with E-state index in [1.165, 1.54) is 0 Å². The lowest BCUT2D eigenvalue weighted by Crippen LogP contribution is -2.13. The first-order chi connectivity index (χ1) is 7.59. The standard InChI is InChI=1S/C7H10O2.C4H6O3/c8-7(9)6-4-2-1-3-5-6;5-4(6)1-3-2-7-3/h1-2,6H,3-5H2,(H,8,9);3H,1-2H2,(H,5,6). The van der Waals surface area contributed by atoms with Gasteiger partial charge in [-0.2, -0.15) is 0 Å². The fourth-order valence-corrected chi connectivity index (χ4v) is 1.40. The molecule has 1 aliphatic carbocycles. The molecule has 0 amide bonds. The first-order valence-electron chi connectivity index (χ1n) is 5.30. The van der Waals surface area contributed by atoms with E-state index in [0.717, 1.165) is 19.3 Å². The molecule has 2 unspecified atom stereocenters. The van der Waals surface area contributed by atoms with Gasteiger partial charge < -0.3 is 14.9 Å². The van der Waals surface area contributed by atoms with Crippen molar-refractivity contribution in [3.05, 3.63) is 12.2 Å². The summed E-state index contributed by atoms with van der Waals surface area (Å²) in [7, 11) is 0. The maximum absolute atomic E-state index is 10.3. The molecule has 0 aromatic heterocycles. The molecule has 5 nitrogen and oxygen atoms in total. The van der Waals surface area contributed by atoms with Crippen molar-refractivity contribution in [1.29, 1.82) is 0 Å². The Bertz CT molecular complexity index is 280. The molecule has 1 fully saturated rings. The van der Waals surface area contributed by atoms with Gasteiger partial charge in [0, 0.05) is 0 Å². The summed E-state index contributed by atoms with van der Waals surface area (Å²) in [6.07, 6.45) is 6.64. The molecule has 1 saturated heterocycles. The minimum atomic E-state index is -0.775. The SMILES string of the molecule is O=C(O)C1CC=CCC1.O=C(O)CC1CO1. The molecule has 2 aliphatic rings. The van der Waals surface area contributed by atoms with Gasteiger partial charge in [-0.1, -0.05) is 12.2 Å². The zero-order valence-electron chi connectivity index (χ0n) is 8.96. The van der Waals surface area contributed by atoms with Crippen LogP contribution in [0.4, 0.5) is 0 Å². The van der Waals surface area contributed by atoms with Crippen LogP contribution in [0.25, 0.3) is 0 Å². The summed E-state index contributed by atoms with van der Waals surface area (Å²) >= 11 is 0. The Hall–Kier alpha value is -1.36. The lowest BCUT2D eigenvalue weighted by atomic mass is 9.95. The number of ether oxygens (including phenoxy) is 1. The van der Waals surface area contributed by atoms with Crippen molar-refractivity contribution in [2.75, 3.05) is 6.61 Å². The first-order valence-corrected chi connectivity index (χ1v) is 5.30. The number of allylic oxidation sites excluding steroid dienone is 2. The van der Waals surface area contributed by atoms with Crippen LogP contribution in [0.1, 0.15) is 25.7 Å². The Morgan fingerprint density at radius 1 is 1.31 bits per heavy atom. The topological polar surface area (TPSA) is 87.1 Å². The first kappa shape index (κ1) is 12.7. The van der Waals surface area contributed by atoms with E-state index < -0.39 is 11.9 Å². The summed E-state index contributed by atoms with van der Waals surface area (Å²) in [5.74, 6) is -1.54. The minimum absolute atomic E-state index is 0.0255. The average Bonchev–Trinajstić information content (AvgIpc) is 3.03. The minimum Gasteiger partial charge on any atom is -0.481 e. The highest BCUT2D eigenvalue weighted by Crippen LogP contribution is 2.17. The van der Waals surface area contributed by atoms with E-state index in [1.54, 1.807) is 0 Å². The van der Waals surface area contributed by atoms with Crippen LogP contribution in [-0.2, 0) is 14.3 Å². The van der Waals surface area contributed by atoms with Crippen molar-refractivity contribution in [3.63, 3.8) is 0 Å². The summed E-state index contributed by atoms with van der Waals surface area (Å²) in [6.45, 7) is 0.631. The number of carboxylic acid groups (broad SMARTS) is 2. The van der Waals surface area contributed by atoms with Gasteiger partial charge in [-0.15, -0.1) is 0 Å². The molecule has 1 aliphatic heterocycles. The van der Waals surface area contributed by atoms with Crippen LogP contribution in [0.2, 0.25) is 0 Å². The molecule has 0 saturated carbocycles. The maximum atomic E-state index is 10.3. The van der Waals surface area contributed by atoms with Crippen LogP contribution in [0.15, 0.2) is 12.2 Å². The summed E-state index contributed by atoms with van der Waals surface area (Å²) in [6, 6.07) is 0. The normalized spacial score (nSPS) is 26.5. The molecule has 0 bridgehead atoms. The fraction of sp³-hybridized carbons (Fsp3) is 0.636. The molecule has 0 aromatic rings. The second-order valence-electron chi connectivity index (χ2n) is 3.87. The summed E-state index contributed by atoms with van der Waals surface area (Å²) in [4.78, 5) is 20.1. The predicted octanol–water partition coefficient (Wildman–Crippen LogP) is 1.29. The Morgan fingerprint density at radius 2 is 2.00 bits per heavy atom. The molecule has 0 radical (unpaired) electrons. The van der Waals surface area contributed by atoms with Gasteiger partial charge in [-0.05, 0) is 19.3 Å². The monoisotopic (exact) mass is 228 g/mol. The highest BCUT2D eigenvalue weighted by atomic mass is 16.6. The van der Waals surface area contributed by atoms with E-state index in [-0.39, 0.29) is 18.4 Å². The molecule has 2 rings (SSSR count). The van der Waals surface area contributed by atoms with Crippen molar-refractivity contribution in [2.45, 2.75) is 31.8 Å². The van der Waals surface area contributed by atoms with E-state index >= 15 is 0 Å². The highest BCUT2D eigenvalue weighted by Gasteiger charge is 2.24. The van der Waals surface area contributed by atoms with Crippen LogP contribution in [0, 0.1) is 5.92 Å². The predicted molar refractivity (Wildman–Crippen MR) is 56.1 cm³/mol. The molecule has 0 aromatic carbocycles. The number of epoxide rings is 1. The molecule has 1 heterocycles. The third kappa shape index (κ3) is 5.50. The van der Waals surface area contributed by atoms with Gasteiger partial charge >= 0.3 is 11.9 Å². The van der Waals surface area contributed by atoms with Crippen LogP contribution in [0.5, 0.6) is 0 Å². The van der Waals surface area contributed by atoms with Crippen molar-refractivity contribution in [1.82, 2.24) is 0 Å². The van der Waals surface area contributed by atoms with Gasteiger partial charge in [-0.3, -0.25) is 9.59 Å². The lowest BCUT2D eigenvalue weighted by molar-refractivity contribution is -0.142. The number of carbonyl (C=O) groups is 2. The van der Waals surface area contributed by atoms with Crippen LogP contribution in [0.3, 0.4) is 0 Å². The van der Waals surface area contributed by atoms with Crippen LogP contribution >= 0.6 is 0 Å². The van der Waals surface area contributed by atoms with Gasteiger partial charge in [0.15, 0.2) is 0 Å².